The van der Waals surface area contributed by atoms with E-state index in [1.54, 1.807) is 6.08 Å². The molecule has 1 rings (SSSR count). The summed E-state index contributed by atoms with van der Waals surface area (Å²) in [4.78, 5) is 0. The van der Waals surface area contributed by atoms with Gasteiger partial charge in [-0.3, -0.25) is 0 Å². The van der Waals surface area contributed by atoms with Crippen LogP contribution in [-0.4, -0.2) is 0 Å². The van der Waals surface area contributed by atoms with Crippen molar-refractivity contribution in [3.63, 3.8) is 0 Å². The van der Waals surface area contributed by atoms with Gasteiger partial charge in [0.25, 0.3) is 0 Å². The van der Waals surface area contributed by atoms with E-state index in [0.29, 0.717) is 0 Å². The lowest BCUT2D eigenvalue weighted by atomic mass is 10.0. The molecule has 0 unspecified atom stereocenters. The number of allylic oxidation sites excluding steroid dienone is 2. The van der Waals surface area contributed by atoms with Crippen LogP contribution < -0.4 is 0 Å². The van der Waals surface area contributed by atoms with Gasteiger partial charge in [-0.05, 0) is 29.7 Å². The first kappa shape index (κ1) is 9.53. The standard InChI is InChI=1S/C13H14/c1-4-6-7-13-10-12(5-2)9-8-11(13)3/h4-10H,1-2H2,3H3/b7-6-. The van der Waals surface area contributed by atoms with Gasteiger partial charge in [0, 0.05) is 0 Å². The summed E-state index contributed by atoms with van der Waals surface area (Å²) in [5.41, 5.74) is 3.63. The summed E-state index contributed by atoms with van der Waals surface area (Å²) >= 11 is 0. The molecule has 0 N–H and O–H groups in total. The minimum absolute atomic E-state index is 1.15. The van der Waals surface area contributed by atoms with Crippen LogP contribution in [0.1, 0.15) is 16.7 Å². The van der Waals surface area contributed by atoms with Gasteiger partial charge < -0.3 is 0 Å². The fourth-order valence-electron chi connectivity index (χ4n) is 1.14. The highest BCUT2D eigenvalue weighted by Crippen LogP contribution is 2.13. The summed E-state index contributed by atoms with van der Waals surface area (Å²) in [6, 6.07) is 6.27. The molecule has 0 saturated carbocycles. The highest BCUT2D eigenvalue weighted by Gasteiger charge is 1.93. The Hall–Kier alpha value is -1.56. The molecule has 0 aliphatic heterocycles. The number of aryl methyl sites for hydroxylation is 1. The molecule has 66 valence electrons. The minimum atomic E-state index is 1.15. The molecular formula is C13H14. The Labute approximate surface area is 79.9 Å². The van der Waals surface area contributed by atoms with Gasteiger partial charge in [0.15, 0.2) is 0 Å². The van der Waals surface area contributed by atoms with Gasteiger partial charge >= 0.3 is 0 Å². The third-order valence-electron chi connectivity index (χ3n) is 1.95. The van der Waals surface area contributed by atoms with E-state index in [1.165, 1.54) is 11.1 Å². The van der Waals surface area contributed by atoms with Crippen molar-refractivity contribution >= 4 is 12.2 Å². The van der Waals surface area contributed by atoms with Crippen molar-refractivity contribution in [3.05, 3.63) is 60.2 Å². The molecule has 0 bridgehead atoms. The minimum Gasteiger partial charge on any atom is -0.0991 e. The second-order valence-corrected chi connectivity index (χ2v) is 2.91. The van der Waals surface area contributed by atoms with Crippen LogP contribution >= 0.6 is 0 Å². The van der Waals surface area contributed by atoms with Crippen molar-refractivity contribution in [2.45, 2.75) is 6.92 Å². The zero-order chi connectivity index (χ0) is 9.68. The van der Waals surface area contributed by atoms with Crippen LogP contribution in [0.15, 0.2) is 43.5 Å². The van der Waals surface area contributed by atoms with Crippen LogP contribution in [0.4, 0.5) is 0 Å². The van der Waals surface area contributed by atoms with E-state index in [-0.39, 0.29) is 0 Å². The summed E-state index contributed by atoms with van der Waals surface area (Å²) in [6.07, 6.45) is 7.62. The molecule has 0 heterocycles. The lowest BCUT2D eigenvalue weighted by Crippen LogP contribution is -1.81. The van der Waals surface area contributed by atoms with Crippen LogP contribution in [0.25, 0.3) is 12.2 Å². The Balaban J connectivity index is 3.10. The van der Waals surface area contributed by atoms with Gasteiger partial charge in [-0.2, -0.15) is 0 Å². The van der Waals surface area contributed by atoms with E-state index in [0.717, 1.165) is 5.56 Å². The lowest BCUT2D eigenvalue weighted by molar-refractivity contribution is 1.43. The van der Waals surface area contributed by atoms with Crippen LogP contribution in [0.3, 0.4) is 0 Å². The Morgan fingerprint density at radius 3 is 2.62 bits per heavy atom. The molecular weight excluding hydrogens is 156 g/mol. The predicted molar refractivity (Wildman–Crippen MR) is 60.5 cm³/mol. The normalized spacial score (nSPS) is 10.2. The molecule has 0 atom stereocenters. The Bertz CT molecular complexity index is 343. The van der Waals surface area contributed by atoms with E-state index < -0.39 is 0 Å². The molecule has 13 heavy (non-hydrogen) atoms. The van der Waals surface area contributed by atoms with Crippen molar-refractivity contribution < 1.29 is 0 Å². The summed E-state index contributed by atoms with van der Waals surface area (Å²) < 4.78 is 0. The molecule has 0 radical (unpaired) electrons. The molecule has 0 nitrogen and oxygen atoms in total. The number of hydrogen-bond donors (Lipinski definition) is 0. The average molecular weight is 170 g/mol. The van der Waals surface area contributed by atoms with Gasteiger partial charge in [0.05, 0.1) is 0 Å². The van der Waals surface area contributed by atoms with Gasteiger partial charge in [-0.1, -0.05) is 49.6 Å². The molecule has 1 aromatic rings. The lowest BCUT2D eigenvalue weighted by Gasteiger charge is -2.01. The molecule has 0 fully saturated rings. The van der Waals surface area contributed by atoms with Crippen molar-refractivity contribution in [1.29, 1.82) is 0 Å². The number of benzene rings is 1. The van der Waals surface area contributed by atoms with E-state index >= 15 is 0 Å². The van der Waals surface area contributed by atoms with Crippen molar-refractivity contribution in [2.24, 2.45) is 0 Å². The molecule has 0 aliphatic rings. The van der Waals surface area contributed by atoms with Crippen molar-refractivity contribution in [3.8, 4) is 0 Å². The van der Waals surface area contributed by atoms with E-state index in [9.17, 15) is 0 Å². The summed E-state index contributed by atoms with van der Waals surface area (Å²) in [7, 11) is 0. The predicted octanol–water partition coefficient (Wildman–Crippen LogP) is 3.84. The maximum absolute atomic E-state index is 3.74. The monoisotopic (exact) mass is 170 g/mol. The fourth-order valence-corrected chi connectivity index (χ4v) is 1.14. The van der Waals surface area contributed by atoms with Gasteiger partial charge in [-0.25, -0.2) is 0 Å². The van der Waals surface area contributed by atoms with Crippen LogP contribution in [-0.2, 0) is 0 Å². The Morgan fingerprint density at radius 2 is 2.00 bits per heavy atom. The molecule has 0 aromatic heterocycles. The molecule has 0 saturated heterocycles. The molecule has 0 heteroatoms. The third kappa shape index (κ3) is 2.45. The van der Waals surface area contributed by atoms with Crippen molar-refractivity contribution in [2.75, 3.05) is 0 Å². The maximum Gasteiger partial charge on any atom is -0.0221 e. The number of rotatable bonds is 3. The molecule has 0 spiro atoms. The zero-order valence-electron chi connectivity index (χ0n) is 7.96. The van der Waals surface area contributed by atoms with Gasteiger partial charge in [-0.15, -0.1) is 0 Å². The Morgan fingerprint density at radius 1 is 1.23 bits per heavy atom. The van der Waals surface area contributed by atoms with E-state index in [2.05, 4.69) is 44.4 Å². The summed E-state index contributed by atoms with van der Waals surface area (Å²) in [6.45, 7) is 9.47. The van der Waals surface area contributed by atoms with Crippen LogP contribution in [0.2, 0.25) is 0 Å². The first-order valence-electron chi connectivity index (χ1n) is 4.30. The average Bonchev–Trinajstić information content (AvgIpc) is 2.17. The number of hydrogen-bond acceptors (Lipinski definition) is 0. The first-order valence-corrected chi connectivity index (χ1v) is 4.30. The molecule has 0 aliphatic carbocycles. The smallest absolute Gasteiger partial charge is 0.0221 e. The van der Waals surface area contributed by atoms with Gasteiger partial charge in [0.2, 0.25) is 0 Å². The SMILES string of the molecule is C=C/C=C\c1cc(C=C)ccc1C. The fraction of sp³-hybridized carbons (Fsp3) is 0.0769. The first-order chi connectivity index (χ1) is 6.27. The second kappa shape index (κ2) is 4.46. The molecule has 1 aromatic carbocycles. The quantitative estimate of drug-likeness (QED) is 0.605. The third-order valence-corrected chi connectivity index (χ3v) is 1.95. The summed E-state index contributed by atoms with van der Waals surface area (Å²) in [5.74, 6) is 0. The van der Waals surface area contributed by atoms with E-state index in [4.69, 9.17) is 0 Å². The highest BCUT2D eigenvalue weighted by atomic mass is 14.0. The topological polar surface area (TPSA) is 0 Å². The Kier molecular flexibility index (Phi) is 3.27. The summed E-state index contributed by atoms with van der Waals surface area (Å²) in [5, 5.41) is 0. The molecule has 0 amide bonds. The van der Waals surface area contributed by atoms with Crippen LogP contribution in [0.5, 0.6) is 0 Å². The zero-order valence-corrected chi connectivity index (χ0v) is 7.96. The van der Waals surface area contributed by atoms with E-state index in [1.807, 2.05) is 12.2 Å². The van der Waals surface area contributed by atoms with Crippen molar-refractivity contribution in [1.82, 2.24) is 0 Å². The largest absolute Gasteiger partial charge is 0.0991 e. The maximum atomic E-state index is 3.74. The van der Waals surface area contributed by atoms with Crippen LogP contribution in [0, 0.1) is 6.92 Å². The highest BCUT2D eigenvalue weighted by molar-refractivity contribution is 5.60. The van der Waals surface area contributed by atoms with Gasteiger partial charge in [0.1, 0.15) is 0 Å². The second-order valence-electron chi connectivity index (χ2n) is 2.91.